The fraction of sp³-hybridized carbons (Fsp3) is 0.333. The van der Waals surface area contributed by atoms with E-state index in [1.807, 2.05) is 23.6 Å². The normalized spacial score (nSPS) is 21.2. The Kier molecular flexibility index (Phi) is 3.11. The number of aryl methyl sites for hydroxylation is 1. The predicted octanol–water partition coefficient (Wildman–Crippen LogP) is 3.26. The summed E-state index contributed by atoms with van der Waals surface area (Å²) in [5.41, 5.74) is 2.81. The van der Waals surface area contributed by atoms with Crippen LogP contribution in [0.4, 0.5) is 0 Å². The van der Waals surface area contributed by atoms with Crippen molar-refractivity contribution in [2.75, 3.05) is 0 Å². The summed E-state index contributed by atoms with van der Waals surface area (Å²) >= 11 is 1.52. The lowest BCUT2D eigenvalue weighted by Crippen LogP contribution is -2.26. The molecule has 0 aliphatic heterocycles. The number of aromatic nitrogens is 1. The van der Waals surface area contributed by atoms with Gasteiger partial charge < -0.3 is 5.32 Å². The van der Waals surface area contributed by atoms with Crippen molar-refractivity contribution in [3.63, 3.8) is 0 Å². The van der Waals surface area contributed by atoms with Gasteiger partial charge in [-0.25, -0.2) is 4.98 Å². The zero-order valence-electron chi connectivity index (χ0n) is 11.0. The van der Waals surface area contributed by atoms with Crippen molar-refractivity contribution in [2.24, 2.45) is 5.92 Å². The lowest BCUT2D eigenvalue weighted by Gasteiger charge is -2.01. The Hall–Kier alpha value is -1.68. The van der Waals surface area contributed by atoms with Crippen LogP contribution in [0.1, 0.15) is 29.4 Å². The number of carbonyl (C=O) groups is 1. The van der Waals surface area contributed by atoms with Gasteiger partial charge in [0.05, 0.1) is 0 Å². The minimum atomic E-state index is -0.0505. The molecule has 1 aliphatic rings. The van der Waals surface area contributed by atoms with Gasteiger partial charge in [-0.05, 0) is 24.8 Å². The maximum absolute atomic E-state index is 12.0. The molecule has 0 bridgehead atoms. The maximum atomic E-state index is 12.0. The Morgan fingerprint density at radius 2 is 2.16 bits per heavy atom. The van der Waals surface area contributed by atoms with E-state index < -0.39 is 0 Å². The molecule has 1 aromatic heterocycles. The van der Waals surface area contributed by atoms with E-state index in [4.69, 9.17) is 0 Å². The molecule has 2 aromatic rings. The number of rotatable bonds is 3. The van der Waals surface area contributed by atoms with Crippen LogP contribution >= 0.6 is 11.3 Å². The van der Waals surface area contributed by atoms with Crippen molar-refractivity contribution in [3.8, 4) is 10.6 Å². The predicted molar refractivity (Wildman–Crippen MR) is 77.3 cm³/mol. The van der Waals surface area contributed by atoms with Gasteiger partial charge in [0.15, 0.2) is 0 Å². The summed E-state index contributed by atoms with van der Waals surface area (Å²) in [6.45, 7) is 4.20. The molecular formula is C15H16N2OS. The van der Waals surface area contributed by atoms with E-state index in [1.54, 1.807) is 0 Å². The topological polar surface area (TPSA) is 42.0 Å². The highest BCUT2D eigenvalue weighted by Crippen LogP contribution is 2.30. The van der Waals surface area contributed by atoms with Crippen molar-refractivity contribution in [2.45, 2.75) is 26.3 Å². The Balaban J connectivity index is 1.79. The third kappa shape index (κ3) is 2.54. The number of nitrogens with zero attached hydrogens (tertiary/aromatic N) is 1. The quantitative estimate of drug-likeness (QED) is 0.932. The number of benzene rings is 1. The average molecular weight is 272 g/mol. The number of carbonyl (C=O) groups excluding carboxylic acids is 1. The van der Waals surface area contributed by atoms with Gasteiger partial charge in [-0.2, -0.15) is 0 Å². The highest BCUT2D eigenvalue weighted by molar-refractivity contribution is 7.13. The number of nitrogens with one attached hydrogen (secondary N) is 1. The molecule has 19 heavy (non-hydrogen) atoms. The van der Waals surface area contributed by atoms with Gasteiger partial charge in [0.1, 0.15) is 10.7 Å². The van der Waals surface area contributed by atoms with Gasteiger partial charge in [0.2, 0.25) is 0 Å². The summed E-state index contributed by atoms with van der Waals surface area (Å²) in [7, 11) is 0. The first-order chi connectivity index (χ1) is 9.15. The molecule has 1 heterocycles. The molecule has 2 unspecified atom stereocenters. The molecule has 0 saturated heterocycles. The molecule has 1 amide bonds. The van der Waals surface area contributed by atoms with Crippen LogP contribution in [0.3, 0.4) is 0 Å². The molecule has 98 valence electrons. The molecule has 1 aromatic carbocycles. The van der Waals surface area contributed by atoms with Crippen LogP contribution in [0.5, 0.6) is 0 Å². The van der Waals surface area contributed by atoms with E-state index in [9.17, 15) is 4.79 Å². The van der Waals surface area contributed by atoms with Gasteiger partial charge in [0, 0.05) is 17.0 Å². The van der Waals surface area contributed by atoms with E-state index in [1.165, 1.54) is 16.9 Å². The molecule has 3 nitrogen and oxygen atoms in total. The zero-order valence-corrected chi connectivity index (χ0v) is 11.8. The van der Waals surface area contributed by atoms with Gasteiger partial charge in [-0.3, -0.25) is 4.79 Å². The molecule has 0 radical (unpaired) electrons. The molecule has 1 saturated carbocycles. The number of amides is 1. The molecule has 2 atom stereocenters. The molecule has 1 fully saturated rings. The molecule has 1 N–H and O–H groups in total. The van der Waals surface area contributed by atoms with E-state index in [2.05, 4.69) is 30.2 Å². The van der Waals surface area contributed by atoms with Crippen LogP contribution in [0.25, 0.3) is 10.6 Å². The Morgan fingerprint density at radius 3 is 2.84 bits per heavy atom. The molecular weight excluding hydrogens is 256 g/mol. The first-order valence-corrected chi connectivity index (χ1v) is 7.35. The molecule has 3 rings (SSSR count). The van der Waals surface area contributed by atoms with Crippen LogP contribution in [0.2, 0.25) is 0 Å². The highest BCUT2D eigenvalue weighted by Gasteiger charge is 2.34. The Bertz CT molecular complexity index is 620. The monoisotopic (exact) mass is 272 g/mol. The van der Waals surface area contributed by atoms with Gasteiger partial charge in [0.25, 0.3) is 5.91 Å². The first kappa shape index (κ1) is 12.4. The Morgan fingerprint density at radius 1 is 1.42 bits per heavy atom. The van der Waals surface area contributed by atoms with Crippen LogP contribution in [-0.2, 0) is 0 Å². The van der Waals surface area contributed by atoms with Gasteiger partial charge in [-0.1, -0.05) is 31.2 Å². The van der Waals surface area contributed by atoms with Crippen molar-refractivity contribution < 1.29 is 4.79 Å². The van der Waals surface area contributed by atoms with E-state index in [-0.39, 0.29) is 5.91 Å². The smallest absolute Gasteiger partial charge is 0.271 e. The van der Waals surface area contributed by atoms with Crippen molar-refractivity contribution in [3.05, 3.63) is 40.9 Å². The largest absolute Gasteiger partial charge is 0.348 e. The van der Waals surface area contributed by atoms with Crippen LogP contribution in [-0.4, -0.2) is 16.9 Å². The van der Waals surface area contributed by atoms with Crippen molar-refractivity contribution >= 4 is 17.2 Å². The van der Waals surface area contributed by atoms with Crippen molar-refractivity contribution in [1.82, 2.24) is 10.3 Å². The molecule has 0 spiro atoms. The minimum absolute atomic E-state index is 0.0505. The van der Waals surface area contributed by atoms with Crippen LogP contribution < -0.4 is 5.32 Å². The number of hydrogen-bond acceptors (Lipinski definition) is 3. The summed E-state index contributed by atoms with van der Waals surface area (Å²) in [6, 6.07) is 8.45. The SMILES string of the molecule is Cc1ccccc1-c1nc(C(=O)NC2CC2C)cs1. The molecule has 4 heteroatoms. The summed E-state index contributed by atoms with van der Waals surface area (Å²) in [4.78, 5) is 16.5. The number of thiazole rings is 1. The maximum Gasteiger partial charge on any atom is 0.271 e. The van der Waals surface area contributed by atoms with E-state index in [0.29, 0.717) is 17.7 Å². The third-order valence-corrected chi connectivity index (χ3v) is 4.41. The fourth-order valence-corrected chi connectivity index (χ4v) is 2.97. The minimum Gasteiger partial charge on any atom is -0.348 e. The van der Waals surface area contributed by atoms with Gasteiger partial charge >= 0.3 is 0 Å². The fourth-order valence-electron chi connectivity index (χ4n) is 2.08. The van der Waals surface area contributed by atoms with Gasteiger partial charge in [-0.15, -0.1) is 11.3 Å². The zero-order chi connectivity index (χ0) is 13.4. The number of hydrogen-bond donors (Lipinski definition) is 1. The second-order valence-corrected chi connectivity index (χ2v) is 6.00. The Labute approximate surface area is 116 Å². The van der Waals surface area contributed by atoms with E-state index >= 15 is 0 Å². The molecule has 1 aliphatic carbocycles. The summed E-state index contributed by atoms with van der Waals surface area (Å²) < 4.78 is 0. The average Bonchev–Trinajstić information content (AvgIpc) is 2.92. The van der Waals surface area contributed by atoms with E-state index in [0.717, 1.165) is 17.0 Å². The summed E-state index contributed by atoms with van der Waals surface area (Å²) in [5, 5.41) is 5.75. The van der Waals surface area contributed by atoms with Crippen molar-refractivity contribution in [1.29, 1.82) is 0 Å². The lowest BCUT2D eigenvalue weighted by atomic mass is 10.1. The third-order valence-electron chi connectivity index (χ3n) is 3.54. The standard InChI is InChI=1S/C15H16N2OS/c1-9-5-3-4-6-11(9)15-17-13(8-19-15)14(18)16-12-7-10(12)2/h3-6,8,10,12H,7H2,1-2H3,(H,16,18). The second-order valence-electron chi connectivity index (χ2n) is 5.15. The summed E-state index contributed by atoms with van der Waals surface area (Å²) in [5.74, 6) is 0.559. The lowest BCUT2D eigenvalue weighted by molar-refractivity contribution is 0.0945. The van der Waals surface area contributed by atoms with Crippen LogP contribution in [0.15, 0.2) is 29.6 Å². The second kappa shape index (κ2) is 4.78. The highest BCUT2D eigenvalue weighted by atomic mass is 32.1. The summed E-state index contributed by atoms with van der Waals surface area (Å²) in [6.07, 6.45) is 1.08. The van der Waals surface area contributed by atoms with Crippen LogP contribution in [0, 0.1) is 12.8 Å². The first-order valence-electron chi connectivity index (χ1n) is 6.47.